The summed E-state index contributed by atoms with van der Waals surface area (Å²) in [5.41, 5.74) is 0. The van der Waals surface area contributed by atoms with Crippen LogP contribution in [-0.4, -0.2) is 274 Å². The van der Waals surface area contributed by atoms with Crippen molar-refractivity contribution in [1.29, 1.82) is 0 Å². The van der Waals surface area contributed by atoms with E-state index in [1.807, 2.05) is 0 Å². The van der Waals surface area contributed by atoms with Crippen LogP contribution in [0.15, 0.2) is 0 Å². The van der Waals surface area contributed by atoms with Crippen molar-refractivity contribution in [3.8, 4) is 0 Å². The van der Waals surface area contributed by atoms with Gasteiger partial charge in [0.15, 0.2) is 12.6 Å². The minimum absolute atomic E-state index is 0.839. The van der Waals surface area contributed by atoms with Crippen molar-refractivity contribution in [2.45, 2.75) is 167 Å². The molecule has 404 valence electrons. The highest BCUT2D eigenvalue weighted by molar-refractivity contribution is 7.80. The second-order valence-corrected chi connectivity index (χ2v) is 17.8. The Bertz CT molecular complexity index is 1940. The lowest BCUT2D eigenvalue weighted by Crippen LogP contribution is -2.72. The van der Waals surface area contributed by atoms with Crippen LogP contribution in [0.25, 0.3) is 0 Å². The third-order valence-electron chi connectivity index (χ3n) is 11.6. The van der Waals surface area contributed by atoms with Gasteiger partial charge >= 0.3 is 22.3 Å². The van der Waals surface area contributed by atoms with E-state index in [0.717, 1.165) is 20.8 Å². The van der Waals surface area contributed by atoms with E-state index in [9.17, 15) is 104 Å². The molecule has 0 spiro atoms. The number of rotatable bonds is 21. The van der Waals surface area contributed by atoms with E-state index in [1.54, 1.807) is 0 Å². The van der Waals surface area contributed by atoms with Crippen LogP contribution in [0.1, 0.15) is 33.6 Å². The summed E-state index contributed by atoms with van der Waals surface area (Å²) in [6.07, 6.45) is -40.1. The number of carbonyl (C=O) groups excluding carboxylic acids is 3. The highest BCUT2D eigenvalue weighted by atomic mass is 32.3. The molecular weight excluding hydrogens is 986 g/mol. The van der Waals surface area contributed by atoms with Gasteiger partial charge in [-0.05, 0) is 0 Å². The fourth-order valence-corrected chi connectivity index (χ4v) is 8.61. The average molecular weight is 1050 g/mol. The molecule has 4 fully saturated rings. The van der Waals surface area contributed by atoms with E-state index in [-0.39, 0.29) is 0 Å². The lowest BCUT2D eigenvalue weighted by atomic mass is 9.87. The zero-order valence-electron chi connectivity index (χ0n) is 37.0. The second kappa shape index (κ2) is 24.0. The van der Waals surface area contributed by atoms with E-state index in [1.165, 1.54) is 0 Å². The first-order valence-electron chi connectivity index (χ1n) is 21.0. The highest BCUT2D eigenvalue weighted by Crippen LogP contribution is 2.40. The molecule has 3 amide bonds. The molecule has 1 unspecified atom stereocenters. The number of aliphatic hydroxyl groups is 12. The number of nitrogens with one attached hydrogen (secondary N) is 3. The van der Waals surface area contributed by atoms with Gasteiger partial charge in [-0.2, -0.15) is 8.42 Å². The smallest absolute Gasteiger partial charge is 0.397 e. The van der Waals surface area contributed by atoms with Crippen LogP contribution in [0.4, 0.5) is 0 Å². The molecule has 0 bridgehead atoms. The quantitative estimate of drug-likeness (QED) is 0.0475. The molecule has 18 N–H and O–H groups in total. The molecule has 4 aliphatic rings. The molecule has 0 aromatic carbocycles. The lowest BCUT2D eigenvalue weighted by molar-refractivity contribution is -0.383. The average Bonchev–Trinajstić information content (AvgIpc) is 3.26. The predicted octanol–water partition coefficient (Wildman–Crippen LogP) is -11.1. The van der Waals surface area contributed by atoms with Crippen molar-refractivity contribution in [1.82, 2.24) is 16.0 Å². The van der Waals surface area contributed by atoms with Crippen LogP contribution in [0.3, 0.4) is 0 Å². The first-order valence-corrected chi connectivity index (χ1v) is 22.4. The Kier molecular flexibility index (Phi) is 20.2. The largest absolute Gasteiger partial charge is 0.477 e. The third kappa shape index (κ3) is 13.5. The summed E-state index contributed by atoms with van der Waals surface area (Å²) in [6.45, 7) is -2.28. The Morgan fingerprint density at radius 3 is 1.64 bits per heavy atom. The summed E-state index contributed by atoms with van der Waals surface area (Å²) in [5, 5.41) is 157. The van der Waals surface area contributed by atoms with Gasteiger partial charge in [0.25, 0.3) is 11.6 Å². The summed E-state index contributed by atoms with van der Waals surface area (Å²) >= 11 is 0. The summed E-state index contributed by atoms with van der Waals surface area (Å²) < 4.78 is 74.9. The molecule has 0 radical (unpaired) electrons. The van der Waals surface area contributed by atoms with Crippen molar-refractivity contribution >= 4 is 40.1 Å². The van der Waals surface area contributed by atoms with Crippen LogP contribution >= 0.6 is 0 Å². The zero-order valence-corrected chi connectivity index (χ0v) is 37.8. The van der Waals surface area contributed by atoms with Gasteiger partial charge in [0.05, 0.1) is 50.7 Å². The lowest BCUT2D eigenvalue weighted by Gasteiger charge is -2.51. The number of carboxylic acids is 2. The molecular formula is C36H59N3O30S. The normalized spacial score (nSPS) is 39.9. The molecule has 34 heteroatoms. The molecule has 0 saturated carbocycles. The molecule has 70 heavy (non-hydrogen) atoms. The van der Waals surface area contributed by atoms with Gasteiger partial charge in [-0.15, -0.1) is 0 Å². The molecule has 4 heterocycles. The van der Waals surface area contributed by atoms with Crippen LogP contribution in [-0.2, 0) is 71.7 Å². The number of aliphatic carboxylic acids is 2. The second-order valence-electron chi connectivity index (χ2n) is 16.7. The monoisotopic (exact) mass is 1050 g/mol. The summed E-state index contributed by atoms with van der Waals surface area (Å²) in [5.74, 6) is -13.6. The molecule has 0 aromatic rings. The molecule has 0 aliphatic carbocycles. The summed E-state index contributed by atoms with van der Waals surface area (Å²) in [7, 11) is -5.22. The Labute approximate surface area is 395 Å². The van der Waals surface area contributed by atoms with Crippen molar-refractivity contribution in [3.63, 3.8) is 0 Å². The molecule has 4 saturated heterocycles. The first-order chi connectivity index (χ1) is 32.5. The van der Waals surface area contributed by atoms with Gasteiger partial charge in [-0.3, -0.25) is 18.9 Å². The zero-order chi connectivity index (χ0) is 53.0. The van der Waals surface area contributed by atoms with Gasteiger partial charge in [0, 0.05) is 33.6 Å². The minimum Gasteiger partial charge on any atom is -0.477 e. The fourth-order valence-electron chi connectivity index (χ4n) is 8.31. The maximum Gasteiger partial charge on any atom is 0.397 e. The fraction of sp³-hybridized carbons (Fsp3) is 0.861. The SMILES string of the molecule is CC(=O)N[C@H]1[C@H]([C@H](O)[C@H](O)CO)O[C@@](O[C@H](CO)[C@@H](O)[C@@H]2O[C@@](O[C@@H]3[C@H](O)[C@@H](O)[C@H](O[C@H]4[C@H](O)[C@@H](NC(C)=O)C(O)O[C@@H]4COS(=O)(=O)O)O[C@@H]3CO)(C(=O)O)C[C@H](O)[C@H]2NC(C)=O)(C(=O)O)C[C@@H]1O. The molecule has 4 aliphatic heterocycles. The number of amides is 3. The highest BCUT2D eigenvalue weighted by Gasteiger charge is 2.62. The molecule has 22 atom stereocenters. The Hall–Kier alpha value is -3.54. The van der Waals surface area contributed by atoms with Gasteiger partial charge in [0.1, 0.15) is 85.4 Å². The van der Waals surface area contributed by atoms with Gasteiger partial charge < -0.3 is 121 Å². The minimum atomic E-state index is -5.22. The van der Waals surface area contributed by atoms with Gasteiger partial charge in [0.2, 0.25) is 17.7 Å². The van der Waals surface area contributed by atoms with Crippen molar-refractivity contribution < 1.29 is 146 Å². The maximum atomic E-state index is 13.2. The van der Waals surface area contributed by atoms with E-state index >= 15 is 0 Å². The Morgan fingerprint density at radius 1 is 0.671 bits per heavy atom. The summed E-state index contributed by atoms with van der Waals surface area (Å²) in [6, 6.07) is -5.36. The van der Waals surface area contributed by atoms with E-state index < -0.39 is 213 Å². The van der Waals surface area contributed by atoms with E-state index in [4.69, 9.17) is 37.7 Å². The topological polar surface area (TPSA) is 533 Å². The predicted molar refractivity (Wildman–Crippen MR) is 213 cm³/mol. The number of ether oxygens (including phenoxy) is 7. The van der Waals surface area contributed by atoms with Crippen LogP contribution in [0, 0.1) is 0 Å². The Morgan fingerprint density at radius 2 is 1.17 bits per heavy atom. The molecule has 0 aromatic heterocycles. The summed E-state index contributed by atoms with van der Waals surface area (Å²) in [4.78, 5) is 62.3. The first kappa shape index (κ1) is 59.0. The number of hydrogen-bond acceptors (Lipinski definition) is 27. The molecule has 33 nitrogen and oxygen atoms in total. The number of carbonyl (C=O) groups is 5. The number of aliphatic hydroxyl groups excluding tert-OH is 12. The van der Waals surface area contributed by atoms with Crippen LogP contribution < -0.4 is 16.0 Å². The van der Waals surface area contributed by atoms with Gasteiger partial charge in [-0.25, -0.2) is 13.8 Å². The van der Waals surface area contributed by atoms with Crippen molar-refractivity contribution in [2.75, 3.05) is 26.4 Å². The molecule has 4 rings (SSSR count). The number of hydrogen-bond donors (Lipinski definition) is 18. The maximum absolute atomic E-state index is 13.2. The van der Waals surface area contributed by atoms with E-state index in [2.05, 4.69) is 20.1 Å². The van der Waals surface area contributed by atoms with Gasteiger partial charge in [-0.1, -0.05) is 0 Å². The van der Waals surface area contributed by atoms with Crippen LogP contribution in [0.2, 0.25) is 0 Å². The third-order valence-corrected chi connectivity index (χ3v) is 12.0. The standard InChI is InChI=1S/C36H59N3O30S/c1-10(43)37-19-13(46)4-35(33(55)56,68-29(19)22(49)15(48)6-40)66-16(7-41)23(50)30-20(38-11(2)44)14(47)5-36(69-30,34(57)58)67-28-17(8-42)64-32(26(53)25(28)52)65-27-18(9-62-70(59,60)61)63-31(54)21(24(27)51)39-12(3)45/h13-32,40-42,46-54H,4-9H2,1-3H3,(H,37,43)(H,38,44)(H,39,45)(H,55,56)(H,57,58)(H,59,60,61)/t13-,14-,15+,16+,17+,18+,19+,20+,21+,22+,23+,24+,25+,26+,27+,28-,29+,30+,31?,32-,35+,36+/m0/s1. The number of carboxylic acid groups (broad SMARTS) is 2. The van der Waals surface area contributed by atoms with E-state index in [0.29, 0.717) is 0 Å². The Balaban J connectivity index is 1.68. The van der Waals surface area contributed by atoms with Crippen molar-refractivity contribution in [3.05, 3.63) is 0 Å². The van der Waals surface area contributed by atoms with Crippen LogP contribution in [0.5, 0.6) is 0 Å². The van der Waals surface area contributed by atoms with Crippen molar-refractivity contribution in [2.24, 2.45) is 0 Å².